The van der Waals surface area contributed by atoms with Crippen LogP contribution in [0.15, 0.2) is 17.4 Å². The summed E-state index contributed by atoms with van der Waals surface area (Å²) in [4.78, 5) is 35.7. The van der Waals surface area contributed by atoms with Gasteiger partial charge in [-0.2, -0.15) is 0 Å². The maximum Gasteiger partial charge on any atom is 0.311 e. The molecule has 2 rings (SSSR count). The molecule has 148 valence electrons. The lowest BCUT2D eigenvalue weighted by Gasteiger charge is -2.15. The van der Waals surface area contributed by atoms with Crippen LogP contribution in [0.4, 0.5) is 0 Å². The van der Waals surface area contributed by atoms with Crippen molar-refractivity contribution >= 4 is 17.8 Å². The van der Waals surface area contributed by atoms with Gasteiger partial charge < -0.3 is 10.4 Å². The van der Waals surface area contributed by atoms with Crippen molar-refractivity contribution in [2.75, 3.05) is 13.1 Å². The first-order chi connectivity index (χ1) is 13.1. The number of carboxylic acids is 1. The molecule has 2 heterocycles. The number of hydrogen-bond acceptors (Lipinski definition) is 6. The Morgan fingerprint density at radius 2 is 1.89 bits per heavy atom. The number of nitrogens with one attached hydrogen (secondary N) is 2. The van der Waals surface area contributed by atoms with Crippen LogP contribution in [0.3, 0.4) is 0 Å². The van der Waals surface area contributed by atoms with Crippen LogP contribution in [-0.4, -0.2) is 46.0 Å². The molecule has 1 unspecified atom stereocenters. The van der Waals surface area contributed by atoms with Crippen LogP contribution in [-0.2, 0) is 9.59 Å². The molecule has 0 aliphatic carbocycles. The van der Waals surface area contributed by atoms with E-state index in [0.717, 1.165) is 51.6 Å². The second kappa shape index (κ2) is 11.3. The average Bonchev–Trinajstić information content (AvgIpc) is 2.65. The molecular formula is C19H29N5O3. The Morgan fingerprint density at radius 1 is 1.19 bits per heavy atom. The van der Waals surface area contributed by atoms with E-state index in [1.54, 1.807) is 19.3 Å². The minimum atomic E-state index is -0.835. The maximum absolute atomic E-state index is 11.8. The molecule has 1 atom stereocenters. The number of aromatic nitrogens is 2. The standard InChI is InChI=1S/C19H29N5O3/c1-14-22-12-15(13-23-14)16(18(26)27)8-5-3-2-4-6-9-17(25)24-19-20-10-7-11-21-19/h12-13,16H,2-11H2,1H3,(H,26,27)(H2,20,21,24,25). The second-order valence-electron chi connectivity index (χ2n) is 6.82. The summed E-state index contributed by atoms with van der Waals surface area (Å²) in [6.07, 6.45) is 9.82. The topological polar surface area (TPSA) is 117 Å². The van der Waals surface area contributed by atoms with Crippen LogP contribution in [0.2, 0.25) is 0 Å². The number of hydrogen-bond donors (Lipinski definition) is 3. The van der Waals surface area contributed by atoms with Gasteiger partial charge in [0.05, 0.1) is 5.92 Å². The highest BCUT2D eigenvalue weighted by Gasteiger charge is 2.20. The van der Waals surface area contributed by atoms with E-state index in [0.29, 0.717) is 30.2 Å². The maximum atomic E-state index is 11.8. The number of rotatable bonds is 10. The zero-order chi connectivity index (χ0) is 19.5. The molecule has 1 aromatic heterocycles. The van der Waals surface area contributed by atoms with Gasteiger partial charge in [0, 0.05) is 37.5 Å². The first-order valence-electron chi connectivity index (χ1n) is 9.66. The summed E-state index contributed by atoms with van der Waals surface area (Å²) >= 11 is 0. The van der Waals surface area contributed by atoms with Gasteiger partial charge in [0.25, 0.3) is 0 Å². The zero-order valence-electron chi connectivity index (χ0n) is 15.9. The largest absolute Gasteiger partial charge is 0.481 e. The minimum absolute atomic E-state index is 0.00605. The molecule has 3 N–H and O–H groups in total. The van der Waals surface area contributed by atoms with Crippen LogP contribution < -0.4 is 10.6 Å². The van der Waals surface area contributed by atoms with Crippen molar-refractivity contribution in [1.29, 1.82) is 0 Å². The van der Waals surface area contributed by atoms with E-state index in [2.05, 4.69) is 25.6 Å². The average molecular weight is 375 g/mol. The van der Waals surface area contributed by atoms with Crippen LogP contribution in [0, 0.1) is 6.92 Å². The lowest BCUT2D eigenvalue weighted by atomic mass is 9.95. The first-order valence-corrected chi connectivity index (χ1v) is 9.66. The van der Waals surface area contributed by atoms with Gasteiger partial charge in [-0.25, -0.2) is 9.97 Å². The van der Waals surface area contributed by atoms with Crippen molar-refractivity contribution < 1.29 is 14.7 Å². The van der Waals surface area contributed by atoms with E-state index >= 15 is 0 Å². The Labute approximate surface area is 159 Å². The molecule has 0 saturated carbocycles. The van der Waals surface area contributed by atoms with Crippen molar-refractivity contribution in [2.45, 2.75) is 64.2 Å². The quantitative estimate of drug-likeness (QED) is 0.540. The number of guanidine groups is 1. The molecule has 1 aromatic rings. The number of carbonyl (C=O) groups excluding carboxylic acids is 1. The van der Waals surface area contributed by atoms with Crippen molar-refractivity contribution in [3.05, 3.63) is 23.8 Å². The molecule has 0 radical (unpaired) electrons. The number of amides is 1. The summed E-state index contributed by atoms with van der Waals surface area (Å²) in [5.74, 6) is -0.170. The normalized spacial score (nSPS) is 14.8. The number of nitrogens with zero attached hydrogens (tertiary/aromatic N) is 3. The van der Waals surface area contributed by atoms with E-state index in [9.17, 15) is 14.7 Å². The Balaban J connectivity index is 1.57. The smallest absolute Gasteiger partial charge is 0.311 e. The van der Waals surface area contributed by atoms with Gasteiger partial charge in [0.1, 0.15) is 5.82 Å². The predicted molar refractivity (Wildman–Crippen MR) is 103 cm³/mol. The highest BCUT2D eigenvalue weighted by molar-refractivity contribution is 5.97. The number of carbonyl (C=O) groups is 2. The summed E-state index contributed by atoms with van der Waals surface area (Å²) in [6.45, 7) is 3.39. The number of aliphatic imine (C=N–C) groups is 1. The van der Waals surface area contributed by atoms with Gasteiger partial charge in [0.2, 0.25) is 5.91 Å². The highest BCUT2D eigenvalue weighted by atomic mass is 16.4. The summed E-state index contributed by atoms with van der Waals surface area (Å²) < 4.78 is 0. The fourth-order valence-electron chi connectivity index (χ4n) is 2.99. The third kappa shape index (κ3) is 7.72. The summed E-state index contributed by atoms with van der Waals surface area (Å²) in [5.41, 5.74) is 0.656. The van der Waals surface area contributed by atoms with Crippen LogP contribution in [0.5, 0.6) is 0 Å². The Bertz CT molecular complexity index is 645. The summed E-state index contributed by atoms with van der Waals surface area (Å²) in [5, 5.41) is 15.3. The lowest BCUT2D eigenvalue weighted by Crippen LogP contribution is -2.43. The summed E-state index contributed by atoms with van der Waals surface area (Å²) in [7, 11) is 0. The van der Waals surface area contributed by atoms with E-state index in [-0.39, 0.29) is 5.91 Å². The SMILES string of the molecule is Cc1ncc(C(CCCCCCCC(=O)NC2=NCCCN2)C(=O)O)cn1. The lowest BCUT2D eigenvalue weighted by molar-refractivity contribution is -0.139. The molecule has 1 aliphatic heterocycles. The molecule has 0 fully saturated rings. The molecular weight excluding hydrogens is 346 g/mol. The predicted octanol–water partition coefficient (Wildman–Crippen LogP) is 2.15. The third-order valence-corrected chi connectivity index (χ3v) is 4.55. The molecule has 0 bridgehead atoms. The van der Waals surface area contributed by atoms with E-state index in [1.165, 1.54) is 0 Å². The molecule has 8 nitrogen and oxygen atoms in total. The van der Waals surface area contributed by atoms with Crippen LogP contribution in [0.25, 0.3) is 0 Å². The van der Waals surface area contributed by atoms with Crippen molar-refractivity contribution in [3.63, 3.8) is 0 Å². The van der Waals surface area contributed by atoms with Gasteiger partial charge in [-0.15, -0.1) is 0 Å². The third-order valence-electron chi connectivity index (χ3n) is 4.55. The summed E-state index contributed by atoms with van der Waals surface area (Å²) in [6, 6.07) is 0. The fraction of sp³-hybridized carbons (Fsp3) is 0.632. The molecule has 0 spiro atoms. The number of aliphatic carboxylic acids is 1. The van der Waals surface area contributed by atoms with E-state index in [4.69, 9.17) is 0 Å². The van der Waals surface area contributed by atoms with Gasteiger partial charge in [-0.1, -0.05) is 25.7 Å². The molecule has 0 aromatic carbocycles. The number of aryl methyl sites for hydroxylation is 1. The van der Waals surface area contributed by atoms with Crippen LogP contribution in [0.1, 0.15) is 68.7 Å². The highest BCUT2D eigenvalue weighted by Crippen LogP contribution is 2.22. The van der Waals surface area contributed by atoms with E-state index < -0.39 is 11.9 Å². The van der Waals surface area contributed by atoms with Gasteiger partial charge in [-0.3, -0.25) is 19.9 Å². The Morgan fingerprint density at radius 3 is 2.56 bits per heavy atom. The first kappa shape index (κ1) is 20.8. The van der Waals surface area contributed by atoms with Gasteiger partial charge >= 0.3 is 5.97 Å². The fourth-order valence-corrected chi connectivity index (χ4v) is 2.99. The minimum Gasteiger partial charge on any atom is -0.481 e. The van der Waals surface area contributed by atoms with Crippen molar-refractivity contribution in [3.8, 4) is 0 Å². The molecule has 27 heavy (non-hydrogen) atoms. The molecule has 8 heteroatoms. The molecule has 0 saturated heterocycles. The van der Waals surface area contributed by atoms with E-state index in [1.807, 2.05) is 0 Å². The van der Waals surface area contributed by atoms with Crippen molar-refractivity contribution in [2.24, 2.45) is 4.99 Å². The number of carboxylic acid groups (broad SMARTS) is 1. The number of unbranched alkanes of at least 4 members (excludes halogenated alkanes) is 4. The Hall–Kier alpha value is -2.51. The molecule has 1 amide bonds. The Kier molecular flexibility index (Phi) is 8.67. The van der Waals surface area contributed by atoms with Crippen LogP contribution >= 0.6 is 0 Å². The zero-order valence-corrected chi connectivity index (χ0v) is 15.9. The molecule has 1 aliphatic rings. The van der Waals surface area contributed by atoms with Gasteiger partial charge in [-0.05, 0) is 26.2 Å². The van der Waals surface area contributed by atoms with Crippen molar-refractivity contribution in [1.82, 2.24) is 20.6 Å². The second-order valence-corrected chi connectivity index (χ2v) is 6.82. The monoisotopic (exact) mass is 375 g/mol. The van der Waals surface area contributed by atoms with Gasteiger partial charge in [0.15, 0.2) is 5.96 Å².